The van der Waals surface area contributed by atoms with Crippen LogP contribution in [0.4, 0.5) is 5.82 Å². The maximum atomic E-state index is 12.1. The first kappa shape index (κ1) is 18.6. The minimum atomic E-state index is -0.870. The molecule has 1 aromatic heterocycles. The van der Waals surface area contributed by atoms with Gasteiger partial charge in [0, 0.05) is 17.8 Å². The van der Waals surface area contributed by atoms with Gasteiger partial charge in [-0.25, -0.2) is 9.78 Å². The van der Waals surface area contributed by atoms with E-state index in [4.69, 9.17) is 0 Å². The molecule has 0 aliphatic heterocycles. The third kappa shape index (κ3) is 5.05. The summed E-state index contributed by atoms with van der Waals surface area (Å²) in [5.41, 5.74) is -0.729. The van der Waals surface area contributed by atoms with Crippen molar-refractivity contribution in [3.8, 4) is 5.75 Å². The third-order valence-corrected chi connectivity index (χ3v) is 2.73. The fourth-order valence-electron chi connectivity index (χ4n) is 1.51. The summed E-state index contributed by atoms with van der Waals surface area (Å²) in [4.78, 5) is 37.3. The molecule has 24 heavy (non-hydrogen) atoms. The Balaban J connectivity index is 3.07. The summed E-state index contributed by atoms with van der Waals surface area (Å²) in [5.74, 6) is -1.82. The lowest BCUT2D eigenvalue weighted by Crippen LogP contribution is -2.15. The van der Waals surface area contributed by atoms with Gasteiger partial charge in [0.1, 0.15) is 0 Å². The molecule has 9 nitrogen and oxygen atoms in total. The Kier molecular flexibility index (Phi) is 6.36. The van der Waals surface area contributed by atoms with Crippen molar-refractivity contribution in [3.63, 3.8) is 0 Å². The minimum absolute atomic E-state index is 0.0350. The number of hydrogen-bond donors (Lipinski definition) is 2. The molecule has 1 aromatic rings. The zero-order chi connectivity index (χ0) is 18.3. The highest BCUT2D eigenvalue weighted by Gasteiger charge is 2.15. The van der Waals surface area contributed by atoms with Gasteiger partial charge in [-0.15, -0.1) is 0 Å². The molecule has 0 fully saturated rings. The first-order valence-corrected chi connectivity index (χ1v) is 6.53. The number of carbonyl (C=O) groups is 2. The van der Waals surface area contributed by atoms with Crippen LogP contribution in [0, 0.1) is 10.1 Å². The average Bonchev–Trinajstić information content (AvgIpc) is 2.55. The van der Waals surface area contributed by atoms with E-state index in [2.05, 4.69) is 21.6 Å². The smallest absolute Gasteiger partial charge is 0.338 e. The number of pyridine rings is 1. The monoisotopic (exact) mass is 333 g/mol. The van der Waals surface area contributed by atoms with Crippen LogP contribution in [-0.2, 0) is 14.3 Å². The van der Waals surface area contributed by atoms with Crippen LogP contribution in [0.3, 0.4) is 0 Å². The van der Waals surface area contributed by atoms with Gasteiger partial charge >= 0.3 is 5.97 Å². The Morgan fingerprint density at radius 1 is 1.46 bits per heavy atom. The molecule has 0 bridgehead atoms. The van der Waals surface area contributed by atoms with Crippen LogP contribution in [0.1, 0.15) is 6.92 Å². The number of rotatable bonds is 6. The van der Waals surface area contributed by atoms with E-state index in [0.717, 1.165) is 19.3 Å². The van der Waals surface area contributed by atoms with Gasteiger partial charge in [0.25, 0.3) is 11.6 Å². The van der Waals surface area contributed by atoms with E-state index in [-0.39, 0.29) is 22.7 Å². The summed E-state index contributed by atoms with van der Waals surface area (Å²) in [5, 5.41) is 22.5. The first-order valence-electron chi connectivity index (χ1n) is 6.53. The number of anilines is 1. The molecule has 0 saturated heterocycles. The Hall–Kier alpha value is -3.49. The van der Waals surface area contributed by atoms with Gasteiger partial charge in [-0.1, -0.05) is 0 Å². The molecule has 0 unspecified atom stereocenters. The fraction of sp³-hybridized carbons (Fsp3) is 0.133. The van der Waals surface area contributed by atoms with E-state index >= 15 is 0 Å². The van der Waals surface area contributed by atoms with Gasteiger partial charge in [-0.05, 0) is 31.7 Å². The van der Waals surface area contributed by atoms with Crippen LogP contribution in [0.25, 0.3) is 0 Å². The molecule has 0 aromatic carbocycles. The molecular formula is C15H15N3O6. The summed E-state index contributed by atoms with van der Waals surface area (Å²) < 4.78 is 4.51. The summed E-state index contributed by atoms with van der Waals surface area (Å²) in [7, 11) is 1.10. The molecule has 0 aliphatic rings. The van der Waals surface area contributed by atoms with E-state index in [1.165, 1.54) is 25.3 Å². The number of nitrogens with zero attached hydrogens (tertiary/aromatic N) is 2. The van der Waals surface area contributed by atoms with E-state index in [9.17, 15) is 24.8 Å². The predicted octanol–water partition coefficient (Wildman–Crippen LogP) is 1.56. The summed E-state index contributed by atoms with van der Waals surface area (Å²) in [6.45, 7) is 4.56. The first-order chi connectivity index (χ1) is 11.3. The van der Waals surface area contributed by atoms with Crippen LogP contribution < -0.4 is 5.32 Å². The fourth-order valence-corrected chi connectivity index (χ4v) is 1.51. The maximum Gasteiger partial charge on any atom is 0.338 e. The van der Waals surface area contributed by atoms with E-state index in [1.807, 2.05) is 0 Å². The summed E-state index contributed by atoms with van der Waals surface area (Å²) in [6.07, 6.45) is 3.37. The second-order valence-corrected chi connectivity index (χ2v) is 4.49. The third-order valence-electron chi connectivity index (χ3n) is 2.73. The summed E-state index contributed by atoms with van der Waals surface area (Å²) in [6, 6.07) is 2.82. The Morgan fingerprint density at radius 2 is 2.12 bits per heavy atom. The summed E-state index contributed by atoms with van der Waals surface area (Å²) >= 11 is 0. The van der Waals surface area contributed by atoms with Crippen molar-refractivity contribution in [1.82, 2.24) is 4.98 Å². The van der Waals surface area contributed by atoms with Gasteiger partial charge in [0.2, 0.25) is 0 Å². The number of esters is 1. The molecular weight excluding hydrogens is 318 g/mol. The quantitative estimate of drug-likeness (QED) is 0.265. The highest BCUT2D eigenvalue weighted by molar-refractivity contribution is 6.05. The number of nitro groups is 1. The predicted molar refractivity (Wildman–Crippen MR) is 84.5 cm³/mol. The lowest BCUT2D eigenvalue weighted by atomic mass is 10.1. The highest BCUT2D eigenvalue weighted by atomic mass is 16.6. The molecule has 1 amide bonds. The number of aromatic nitrogens is 1. The second-order valence-electron chi connectivity index (χ2n) is 4.49. The SMILES string of the molecule is C=C(/C=C(\C=C(/C)C(=O)Nc1ncccc1O)C(=O)OC)[N+](=O)[O-]. The molecule has 1 rings (SSSR count). The van der Waals surface area contributed by atoms with E-state index in [1.54, 1.807) is 0 Å². The number of ether oxygens (including phenoxy) is 1. The molecule has 126 valence electrons. The lowest BCUT2D eigenvalue weighted by Gasteiger charge is -2.07. The van der Waals surface area contributed by atoms with Crippen LogP contribution >= 0.6 is 0 Å². The van der Waals surface area contributed by atoms with Crippen molar-refractivity contribution in [2.75, 3.05) is 12.4 Å². The van der Waals surface area contributed by atoms with Gasteiger partial charge < -0.3 is 15.2 Å². The Labute approximate surface area is 137 Å². The van der Waals surface area contributed by atoms with Crippen molar-refractivity contribution in [2.24, 2.45) is 0 Å². The van der Waals surface area contributed by atoms with Crippen molar-refractivity contribution in [3.05, 3.63) is 64.0 Å². The Morgan fingerprint density at radius 3 is 2.67 bits per heavy atom. The molecule has 0 atom stereocenters. The molecule has 1 heterocycles. The van der Waals surface area contributed by atoms with Gasteiger partial charge in [-0.3, -0.25) is 14.9 Å². The topological polar surface area (TPSA) is 132 Å². The van der Waals surface area contributed by atoms with Crippen LogP contribution in [0.5, 0.6) is 5.75 Å². The molecule has 2 N–H and O–H groups in total. The van der Waals surface area contributed by atoms with Crippen LogP contribution in [0.15, 0.2) is 53.9 Å². The van der Waals surface area contributed by atoms with Crippen molar-refractivity contribution in [2.45, 2.75) is 6.92 Å². The van der Waals surface area contributed by atoms with E-state index in [0.29, 0.717) is 0 Å². The average molecular weight is 333 g/mol. The van der Waals surface area contributed by atoms with Gasteiger partial charge in [-0.2, -0.15) is 0 Å². The number of methoxy groups -OCH3 is 1. The van der Waals surface area contributed by atoms with Gasteiger partial charge in [0.15, 0.2) is 11.6 Å². The highest BCUT2D eigenvalue weighted by Crippen LogP contribution is 2.19. The van der Waals surface area contributed by atoms with E-state index < -0.39 is 22.5 Å². The maximum absolute atomic E-state index is 12.1. The van der Waals surface area contributed by atoms with Crippen molar-refractivity contribution >= 4 is 17.7 Å². The molecule has 0 aliphatic carbocycles. The van der Waals surface area contributed by atoms with Crippen LogP contribution in [-0.4, -0.2) is 34.0 Å². The van der Waals surface area contributed by atoms with Crippen molar-refractivity contribution < 1.29 is 24.4 Å². The molecule has 0 saturated carbocycles. The largest absolute Gasteiger partial charge is 0.504 e. The zero-order valence-corrected chi connectivity index (χ0v) is 13.0. The second kappa shape index (κ2) is 8.22. The standard InChI is InChI=1S/C15H15N3O6/c1-9(14(20)17-13-12(19)5-4-6-16-13)7-11(15(21)24-3)8-10(2)18(22)23/h4-8,19H,2H2,1,3H3,(H,16,17,20)/b9-7+,11-8+. The minimum Gasteiger partial charge on any atom is -0.504 e. The number of amides is 1. The number of allylic oxidation sites excluding steroid dienone is 1. The molecule has 0 spiro atoms. The Bertz CT molecular complexity index is 751. The normalized spacial score (nSPS) is 11.6. The molecule has 0 radical (unpaired) electrons. The number of hydrogen-bond acceptors (Lipinski definition) is 7. The van der Waals surface area contributed by atoms with Crippen LogP contribution in [0.2, 0.25) is 0 Å². The van der Waals surface area contributed by atoms with Gasteiger partial charge in [0.05, 0.1) is 17.6 Å². The lowest BCUT2D eigenvalue weighted by molar-refractivity contribution is -0.418. The number of aromatic hydroxyl groups is 1. The molecule has 9 heteroatoms. The number of carbonyl (C=O) groups excluding carboxylic acids is 2. The van der Waals surface area contributed by atoms with Crippen molar-refractivity contribution in [1.29, 1.82) is 0 Å². The zero-order valence-electron chi connectivity index (χ0n) is 13.0. The number of nitrogens with one attached hydrogen (secondary N) is 1.